The lowest BCUT2D eigenvalue weighted by atomic mass is 9.76. The molecule has 0 spiro atoms. The smallest absolute Gasteiger partial charge is 0.274 e. The molecule has 1 heterocycles. The molecule has 2 N–H and O–H groups in total. The number of rotatable bonds is 4. The minimum Gasteiger partial charge on any atom is -0.377 e. The number of nitro benzene ring substituents is 1. The fourth-order valence-corrected chi connectivity index (χ4v) is 4.89. The lowest BCUT2D eigenvalue weighted by Gasteiger charge is -2.37. The van der Waals surface area contributed by atoms with Gasteiger partial charge in [0.25, 0.3) is 11.6 Å². The number of hydrogen-bond acceptors (Lipinski definition) is 4. The fraction of sp³-hybridized carbons (Fsp3) is 0.192. The summed E-state index contributed by atoms with van der Waals surface area (Å²) in [6, 6.07) is 20.1. The van der Waals surface area contributed by atoms with E-state index in [1.807, 2.05) is 55.5 Å². The highest BCUT2D eigenvalue weighted by atomic mass is 16.6. The number of nitrogens with zero attached hydrogens (tertiary/aromatic N) is 1. The molecule has 1 amide bonds. The number of benzene rings is 3. The van der Waals surface area contributed by atoms with E-state index in [0.29, 0.717) is 11.1 Å². The molecular weight excluding hydrogens is 402 g/mol. The third-order valence-electron chi connectivity index (χ3n) is 6.37. The van der Waals surface area contributed by atoms with Crippen LogP contribution in [0.25, 0.3) is 0 Å². The molecule has 0 fully saturated rings. The van der Waals surface area contributed by atoms with E-state index in [1.165, 1.54) is 0 Å². The zero-order chi connectivity index (χ0) is 22.2. The molecule has 6 nitrogen and oxygen atoms in total. The number of hydrogen-bond donors (Lipinski definition) is 2. The van der Waals surface area contributed by atoms with Crippen molar-refractivity contribution < 1.29 is 9.72 Å². The number of carbonyl (C=O) groups is 1. The Kier molecular flexibility index (Phi) is 4.98. The van der Waals surface area contributed by atoms with Gasteiger partial charge in [0.1, 0.15) is 0 Å². The van der Waals surface area contributed by atoms with Crippen molar-refractivity contribution in [3.8, 4) is 0 Å². The average molecular weight is 425 g/mol. The molecule has 3 unspecified atom stereocenters. The van der Waals surface area contributed by atoms with Crippen LogP contribution in [0.2, 0.25) is 0 Å². The maximum Gasteiger partial charge on any atom is 0.274 e. The third kappa shape index (κ3) is 3.54. The first-order valence-corrected chi connectivity index (χ1v) is 10.7. The molecule has 1 aliphatic carbocycles. The largest absolute Gasteiger partial charge is 0.377 e. The lowest BCUT2D eigenvalue weighted by Crippen LogP contribution is -2.29. The molecular formula is C26H23N3O3. The van der Waals surface area contributed by atoms with Crippen molar-refractivity contribution in [3.05, 3.63) is 111 Å². The van der Waals surface area contributed by atoms with Gasteiger partial charge < -0.3 is 10.6 Å². The summed E-state index contributed by atoms with van der Waals surface area (Å²) < 4.78 is 0. The normalized spacial score (nSPS) is 20.7. The van der Waals surface area contributed by atoms with Gasteiger partial charge >= 0.3 is 0 Å². The predicted molar refractivity (Wildman–Crippen MR) is 125 cm³/mol. The number of anilines is 2. The van der Waals surface area contributed by atoms with Crippen LogP contribution in [0.3, 0.4) is 0 Å². The number of nitrogens with one attached hydrogen (secondary N) is 2. The van der Waals surface area contributed by atoms with Crippen molar-refractivity contribution in [1.82, 2.24) is 0 Å². The Morgan fingerprint density at radius 2 is 1.91 bits per heavy atom. The van der Waals surface area contributed by atoms with E-state index < -0.39 is 0 Å². The quantitative estimate of drug-likeness (QED) is 0.306. The SMILES string of the molecule is Cc1cccc(C(=O)Nc2ccc3c(c2)C2C=CCC2C(c2ccccc2[N+](=O)[O-])N3)c1. The number of allylic oxidation sites excluding steroid dienone is 2. The molecule has 0 saturated carbocycles. The van der Waals surface area contributed by atoms with Gasteiger partial charge in [-0.1, -0.05) is 48.0 Å². The Labute approximate surface area is 186 Å². The van der Waals surface area contributed by atoms with Gasteiger partial charge in [0, 0.05) is 28.9 Å². The molecule has 6 heteroatoms. The zero-order valence-electron chi connectivity index (χ0n) is 17.6. The summed E-state index contributed by atoms with van der Waals surface area (Å²) in [7, 11) is 0. The number of nitro groups is 1. The van der Waals surface area contributed by atoms with Crippen molar-refractivity contribution in [3.63, 3.8) is 0 Å². The second kappa shape index (κ2) is 7.96. The first-order chi connectivity index (χ1) is 15.5. The standard InChI is InChI=1S/C26H23N3O3/c1-16-6-4-7-17(14-16)26(30)27-18-12-13-23-22(15-18)19-9-5-10-20(19)25(28-23)21-8-2-3-11-24(21)29(31)32/h2-9,11-15,19-20,25,28H,10H2,1H3,(H,27,30). The van der Waals surface area contributed by atoms with E-state index in [4.69, 9.17) is 0 Å². The van der Waals surface area contributed by atoms with Gasteiger partial charge in [0.15, 0.2) is 0 Å². The van der Waals surface area contributed by atoms with Crippen molar-refractivity contribution in [2.45, 2.75) is 25.3 Å². The van der Waals surface area contributed by atoms with E-state index in [2.05, 4.69) is 22.8 Å². The molecule has 5 rings (SSSR count). The van der Waals surface area contributed by atoms with Crippen LogP contribution in [0.5, 0.6) is 0 Å². The van der Waals surface area contributed by atoms with E-state index >= 15 is 0 Å². The van der Waals surface area contributed by atoms with Gasteiger partial charge in [-0.2, -0.15) is 0 Å². The average Bonchev–Trinajstić information content (AvgIpc) is 3.29. The van der Waals surface area contributed by atoms with Crippen molar-refractivity contribution >= 4 is 23.0 Å². The maximum absolute atomic E-state index is 12.7. The Balaban J connectivity index is 1.46. The molecule has 0 radical (unpaired) electrons. The number of amides is 1. The van der Waals surface area contributed by atoms with Crippen LogP contribution in [-0.4, -0.2) is 10.8 Å². The summed E-state index contributed by atoms with van der Waals surface area (Å²) in [6.45, 7) is 1.96. The maximum atomic E-state index is 12.7. The van der Waals surface area contributed by atoms with Crippen LogP contribution in [-0.2, 0) is 0 Å². The van der Waals surface area contributed by atoms with Crippen LogP contribution in [0.15, 0.2) is 78.9 Å². The van der Waals surface area contributed by atoms with Crippen LogP contribution >= 0.6 is 0 Å². The molecule has 1 aliphatic heterocycles. The molecule has 2 aliphatic rings. The van der Waals surface area contributed by atoms with Gasteiger partial charge in [-0.25, -0.2) is 0 Å². The third-order valence-corrected chi connectivity index (χ3v) is 6.37. The summed E-state index contributed by atoms with van der Waals surface area (Å²) in [6.07, 6.45) is 5.16. The van der Waals surface area contributed by atoms with Crippen LogP contribution in [0.4, 0.5) is 17.1 Å². The van der Waals surface area contributed by atoms with Gasteiger partial charge in [-0.05, 0) is 55.2 Å². The van der Waals surface area contributed by atoms with E-state index in [-0.39, 0.29) is 34.4 Å². The van der Waals surface area contributed by atoms with Crippen molar-refractivity contribution in [1.29, 1.82) is 0 Å². The second-order valence-electron chi connectivity index (χ2n) is 8.42. The number of para-hydroxylation sites is 1. The van der Waals surface area contributed by atoms with E-state index in [9.17, 15) is 14.9 Å². The first-order valence-electron chi connectivity index (χ1n) is 10.7. The molecule has 3 aromatic carbocycles. The summed E-state index contributed by atoms with van der Waals surface area (Å²) >= 11 is 0. The van der Waals surface area contributed by atoms with Crippen molar-refractivity contribution in [2.75, 3.05) is 10.6 Å². The van der Waals surface area contributed by atoms with Gasteiger partial charge in [0.05, 0.1) is 16.5 Å². The molecule has 0 aromatic heterocycles. The minimum absolute atomic E-state index is 0.131. The lowest BCUT2D eigenvalue weighted by molar-refractivity contribution is -0.385. The van der Waals surface area contributed by atoms with Gasteiger partial charge in [0.2, 0.25) is 0 Å². The highest BCUT2D eigenvalue weighted by molar-refractivity contribution is 6.04. The zero-order valence-corrected chi connectivity index (χ0v) is 17.6. The molecule has 0 bridgehead atoms. The Bertz CT molecular complexity index is 1250. The minimum atomic E-state index is -0.312. The Hall–Kier alpha value is -3.93. The number of carbonyl (C=O) groups excluding carboxylic acids is 1. The second-order valence-corrected chi connectivity index (χ2v) is 8.42. The van der Waals surface area contributed by atoms with E-state index in [0.717, 1.165) is 28.9 Å². The molecule has 3 atom stereocenters. The van der Waals surface area contributed by atoms with Gasteiger partial charge in [-0.15, -0.1) is 0 Å². The molecule has 160 valence electrons. The highest BCUT2D eigenvalue weighted by Crippen LogP contribution is 2.51. The summed E-state index contributed by atoms with van der Waals surface area (Å²) in [5.74, 6) is 0.159. The number of fused-ring (bicyclic) bond motifs is 3. The summed E-state index contributed by atoms with van der Waals surface area (Å²) in [5.41, 5.74) is 5.28. The Morgan fingerprint density at radius 3 is 2.72 bits per heavy atom. The van der Waals surface area contributed by atoms with Crippen LogP contribution < -0.4 is 10.6 Å². The fourth-order valence-electron chi connectivity index (χ4n) is 4.89. The van der Waals surface area contributed by atoms with Crippen LogP contribution in [0.1, 0.15) is 45.4 Å². The molecule has 0 saturated heterocycles. The van der Waals surface area contributed by atoms with Crippen molar-refractivity contribution in [2.24, 2.45) is 5.92 Å². The highest BCUT2D eigenvalue weighted by Gasteiger charge is 2.40. The predicted octanol–water partition coefficient (Wildman–Crippen LogP) is 5.98. The molecule has 32 heavy (non-hydrogen) atoms. The number of aryl methyl sites for hydroxylation is 1. The van der Waals surface area contributed by atoms with Crippen LogP contribution in [0, 0.1) is 23.0 Å². The monoisotopic (exact) mass is 425 g/mol. The first kappa shape index (κ1) is 20.0. The van der Waals surface area contributed by atoms with E-state index in [1.54, 1.807) is 18.2 Å². The topological polar surface area (TPSA) is 84.3 Å². The summed E-state index contributed by atoms with van der Waals surface area (Å²) in [5, 5.41) is 18.2. The van der Waals surface area contributed by atoms with Gasteiger partial charge in [-0.3, -0.25) is 14.9 Å². The molecule has 3 aromatic rings. The summed E-state index contributed by atoms with van der Waals surface area (Å²) in [4.78, 5) is 24.0. The Morgan fingerprint density at radius 1 is 1.06 bits per heavy atom.